The molecule has 2 N–H and O–H groups in total. The van der Waals surface area contributed by atoms with Crippen LogP contribution in [0.2, 0.25) is 0 Å². The fraction of sp³-hybridized carbons (Fsp3) is 0.208. The van der Waals surface area contributed by atoms with Crippen LogP contribution >= 0.6 is 0 Å². The fourth-order valence-corrected chi connectivity index (χ4v) is 3.96. The smallest absolute Gasteiger partial charge is 0.416 e. The van der Waals surface area contributed by atoms with Gasteiger partial charge in [0.25, 0.3) is 0 Å². The maximum absolute atomic E-state index is 13.1. The summed E-state index contributed by atoms with van der Waals surface area (Å²) in [5, 5.41) is 4.41. The number of aromatic nitrogens is 3. The molecule has 0 amide bonds. The lowest BCUT2D eigenvalue weighted by molar-refractivity contribution is -0.147. The van der Waals surface area contributed by atoms with E-state index in [1.807, 2.05) is 30.3 Å². The molecule has 9 heteroatoms. The van der Waals surface area contributed by atoms with Crippen molar-refractivity contribution in [2.75, 3.05) is 13.7 Å². The van der Waals surface area contributed by atoms with E-state index in [0.717, 1.165) is 17.7 Å². The SMILES string of the molecule is COC(=O)C(CN)(Cc1ccccc1)c1ccnc2c(-c3ccc(C(F)(F)F)cc3)cnn12. The van der Waals surface area contributed by atoms with Crippen LogP contribution in [-0.4, -0.2) is 34.2 Å². The minimum absolute atomic E-state index is 0.0524. The van der Waals surface area contributed by atoms with Crippen LogP contribution in [0.5, 0.6) is 0 Å². The second-order valence-electron chi connectivity index (χ2n) is 7.64. The number of benzene rings is 2. The van der Waals surface area contributed by atoms with E-state index < -0.39 is 23.1 Å². The molecule has 0 aliphatic heterocycles. The zero-order valence-corrected chi connectivity index (χ0v) is 17.7. The number of halogens is 3. The molecule has 0 saturated carbocycles. The van der Waals surface area contributed by atoms with Gasteiger partial charge in [-0.25, -0.2) is 9.50 Å². The molecule has 1 atom stereocenters. The van der Waals surface area contributed by atoms with E-state index in [1.165, 1.54) is 36.2 Å². The maximum atomic E-state index is 13.1. The number of carbonyl (C=O) groups is 1. The lowest BCUT2D eigenvalue weighted by Crippen LogP contribution is -2.47. The summed E-state index contributed by atoms with van der Waals surface area (Å²) in [4.78, 5) is 17.4. The van der Waals surface area contributed by atoms with Crippen LogP contribution in [0.1, 0.15) is 16.8 Å². The molecule has 4 rings (SSSR count). The van der Waals surface area contributed by atoms with Gasteiger partial charge in [-0.1, -0.05) is 42.5 Å². The number of hydrogen-bond donors (Lipinski definition) is 1. The van der Waals surface area contributed by atoms with Crippen molar-refractivity contribution < 1.29 is 22.7 Å². The molecule has 1 unspecified atom stereocenters. The highest BCUT2D eigenvalue weighted by molar-refractivity contribution is 5.84. The number of hydrogen-bond acceptors (Lipinski definition) is 5. The Hall–Kier alpha value is -3.72. The molecule has 0 fully saturated rings. The predicted molar refractivity (Wildman–Crippen MR) is 116 cm³/mol. The molecular formula is C24H21F3N4O2. The number of alkyl halides is 3. The van der Waals surface area contributed by atoms with Crippen LogP contribution in [0.3, 0.4) is 0 Å². The molecule has 0 saturated heterocycles. The number of nitrogens with two attached hydrogens (primary N) is 1. The van der Waals surface area contributed by atoms with Crippen molar-refractivity contribution in [3.63, 3.8) is 0 Å². The Morgan fingerprint density at radius 1 is 1.06 bits per heavy atom. The van der Waals surface area contributed by atoms with Crippen molar-refractivity contribution >= 4 is 11.6 Å². The van der Waals surface area contributed by atoms with Gasteiger partial charge in [0.05, 0.1) is 24.6 Å². The Morgan fingerprint density at radius 3 is 2.36 bits per heavy atom. The first-order chi connectivity index (χ1) is 15.8. The third-order valence-corrected chi connectivity index (χ3v) is 5.69. The quantitative estimate of drug-likeness (QED) is 0.445. The summed E-state index contributed by atoms with van der Waals surface area (Å²) in [6, 6.07) is 15.8. The molecule has 2 heterocycles. The molecule has 0 spiro atoms. The van der Waals surface area contributed by atoms with Crippen molar-refractivity contribution in [3.05, 3.63) is 89.9 Å². The predicted octanol–water partition coefficient (Wildman–Crippen LogP) is 4.03. The fourth-order valence-electron chi connectivity index (χ4n) is 3.96. The summed E-state index contributed by atoms with van der Waals surface area (Å²) in [6.45, 7) is -0.0524. The van der Waals surface area contributed by atoms with E-state index >= 15 is 0 Å². The molecular weight excluding hydrogens is 433 g/mol. The summed E-state index contributed by atoms with van der Waals surface area (Å²) >= 11 is 0. The normalized spacial score (nSPS) is 13.6. The zero-order chi connectivity index (χ0) is 23.6. The Labute approximate surface area is 187 Å². The van der Waals surface area contributed by atoms with E-state index in [-0.39, 0.29) is 13.0 Å². The van der Waals surface area contributed by atoms with Gasteiger partial charge in [0, 0.05) is 18.3 Å². The first kappa shape index (κ1) is 22.5. The number of fused-ring (bicyclic) bond motifs is 1. The Kier molecular flexibility index (Phi) is 5.90. The Bertz CT molecular complexity index is 1270. The van der Waals surface area contributed by atoms with E-state index in [9.17, 15) is 18.0 Å². The largest absolute Gasteiger partial charge is 0.468 e. The van der Waals surface area contributed by atoms with Gasteiger partial charge in [-0.05, 0) is 35.7 Å². The summed E-state index contributed by atoms with van der Waals surface area (Å²) < 4.78 is 45.5. The molecule has 2 aromatic carbocycles. The summed E-state index contributed by atoms with van der Waals surface area (Å²) in [6.07, 6.45) is -1.12. The first-order valence-electron chi connectivity index (χ1n) is 10.1. The van der Waals surface area contributed by atoms with E-state index in [2.05, 4.69) is 10.1 Å². The molecule has 2 aromatic heterocycles. The topological polar surface area (TPSA) is 82.5 Å². The maximum Gasteiger partial charge on any atom is 0.416 e. The molecule has 170 valence electrons. The van der Waals surface area contributed by atoms with Crippen molar-refractivity contribution in [2.45, 2.75) is 18.0 Å². The van der Waals surface area contributed by atoms with Gasteiger partial charge in [0.15, 0.2) is 5.65 Å². The lowest BCUT2D eigenvalue weighted by Gasteiger charge is -2.30. The van der Waals surface area contributed by atoms with Gasteiger partial charge >= 0.3 is 12.1 Å². The lowest BCUT2D eigenvalue weighted by atomic mass is 9.78. The second kappa shape index (κ2) is 8.67. The van der Waals surface area contributed by atoms with Crippen molar-refractivity contribution in [3.8, 4) is 11.1 Å². The van der Waals surface area contributed by atoms with Gasteiger partial charge in [-0.3, -0.25) is 4.79 Å². The van der Waals surface area contributed by atoms with Gasteiger partial charge < -0.3 is 10.5 Å². The number of methoxy groups -OCH3 is 1. The number of esters is 1. The molecule has 4 aromatic rings. The van der Waals surface area contributed by atoms with E-state index in [0.29, 0.717) is 22.5 Å². The minimum Gasteiger partial charge on any atom is -0.468 e. The van der Waals surface area contributed by atoms with Crippen LogP contribution in [0.15, 0.2) is 73.1 Å². The van der Waals surface area contributed by atoms with Crippen LogP contribution in [0, 0.1) is 0 Å². The van der Waals surface area contributed by atoms with Crippen molar-refractivity contribution in [1.82, 2.24) is 14.6 Å². The number of ether oxygens (including phenoxy) is 1. The highest BCUT2D eigenvalue weighted by atomic mass is 19.4. The monoisotopic (exact) mass is 454 g/mol. The van der Waals surface area contributed by atoms with Crippen molar-refractivity contribution in [1.29, 1.82) is 0 Å². The third-order valence-electron chi connectivity index (χ3n) is 5.69. The standard InChI is InChI=1S/C24H21F3N4O2/c1-33-22(32)23(15-28,13-16-5-3-2-4-6-16)20-11-12-29-21-19(14-30-31(20)21)17-7-9-18(10-8-17)24(25,26)27/h2-12,14H,13,15,28H2,1H3. The van der Waals surface area contributed by atoms with Gasteiger partial charge in [-0.2, -0.15) is 18.3 Å². The van der Waals surface area contributed by atoms with Crippen LogP contribution < -0.4 is 5.73 Å². The Balaban J connectivity index is 1.85. The number of carbonyl (C=O) groups excluding carboxylic acids is 1. The summed E-state index contributed by atoms with van der Waals surface area (Å²) in [5.74, 6) is -0.520. The molecule has 0 radical (unpaired) electrons. The zero-order valence-electron chi connectivity index (χ0n) is 17.7. The third kappa shape index (κ3) is 4.07. The summed E-state index contributed by atoms with van der Waals surface area (Å²) in [5.41, 5.74) is 6.96. The second-order valence-corrected chi connectivity index (χ2v) is 7.64. The molecule has 0 aliphatic carbocycles. The average molecular weight is 454 g/mol. The van der Waals surface area contributed by atoms with Gasteiger partial charge in [0.2, 0.25) is 0 Å². The highest BCUT2D eigenvalue weighted by Gasteiger charge is 2.43. The molecule has 0 aliphatic rings. The van der Waals surface area contributed by atoms with Crippen molar-refractivity contribution in [2.24, 2.45) is 5.73 Å². The summed E-state index contributed by atoms with van der Waals surface area (Å²) in [7, 11) is 1.30. The van der Waals surface area contributed by atoms with Crippen LogP contribution in [0.25, 0.3) is 16.8 Å². The van der Waals surface area contributed by atoms with Crippen LogP contribution in [0.4, 0.5) is 13.2 Å². The van der Waals surface area contributed by atoms with E-state index in [1.54, 1.807) is 6.07 Å². The number of nitrogens with zero attached hydrogens (tertiary/aromatic N) is 3. The van der Waals surface area contributed by atoms with Gasteiger partial charge in [-0.15, -0.1) is 0 Å². The Morgan fingerprint density at radius 2 is 1.76 bits per heavy atom. The minimum atomic E-state index is -4.43. The molecule has 33 heavy (non-hydrogen) atoms. The first-order valence-corrected chi connectivity index (χ1v) is 10.1. The molecule has 6 nitrogen and oxygen atoms in total. The van der Waals surface area contributed by atoms with Gasteiger partial charge in [0.1, 0.15) is 5.41 Å². The number of rotatable bonds is 6. The average Bonchev–Trinajstić information content (AvgIpc) is 3.26. The highest BCUT2D eigenvalue weighted by Crippen LogP contribution is 2.34. The van der Waals surface area contributed by atoms with E-state index in [4.69, 9.17) is 10.5 Å². The molecule has 0 bridgehead atoms. The van der Waals surface area contributed by atoms with Crippen LogP contribution in [-0.2, 0) is 27.5 Å².